The van der Waals surface area contributed by atoms with Gasteiger partial charge in [0.2, 0.25) is 0 Å². The van der Waals surface area contributed by atoms with Crippen LogP contribution in [0.5, 0.6) is 0 Å². The van der Waals surface area contributed by atoms with Gasteiger partial charge >= 0.3 is 29.6 Å². The molecule has 0 saturated carbocycles. The maximum atomic E-state index is 10.1. The van der Waals surface area contributed by atoms with E-state index in [0.29, 0.717) is 12.8 Å². The molecule has 4 nitrogen and oxygen atoms in total. The second-order valence-corrected chi connectivity index (χ2v) is 3.69. The Kier molecular flexibility index (Phi) is 8.37. The zero-order chi connectivity index (χ0) is 8.20. The van der Waals surface area contributed by atoms with Crippen molar-refractivity contribution in [3.63, 3.8) is 0 Å². The quantitative estimate of drug-likeness (QED) is 0.460. The van der Waals surface area contributed by atoms with Gasteiger partial charge in [0.25, 0.3) is 10.1 Å². The van der Waals surface area contributed by atoms with Crippen LogP contribution in [0.4, 0.5) is 0 Å². The predicted octanol–water partition coefficient (Wildman–Crippen LogP) is -0.613. The molecule has 0 aromatic rings. The molecule has 0 spiro atoms. The fraction of sp³-hybridized carbons (Fsp3) is 1.00. The monoisotopic (exact) mass is 192 g/mol. The molecule has 1 unspecified atom stereocenters. The number of hydrogen-bond donors (Lipinski definition) is 2. The van der Waals surface area contributed by atoms with E-state index in [2.05, 4.69) is 0 Å². The van der Waals surface area contributed by atoms with Crippen molar-refractivity contribution < 1.29 is 18.1 Å². The topological polar surface area (TPSA) is 74.6 Å². The molecule has 64 valence electrons. The second kappa shape index (κ2) is 6.39. The summed E-state index contributed by atoms with van der Waals surface area (Å²) in [5.41, 5.74) is 0. The summed E-state index contributed by atoms with van der Waals surface area (Å²) in [4.78, 5) is 0. The van der Waals surface area contributed by atoms with Crippen LogP contribution in [-0.4, -0.2) is 59.5 Å². The molecule has 0 aliphatic carbocycles. The van der Waals surface area contributed by atoms with Crippen LogP contribution in [0, 0.1) is 0 Å². The van der Waals surface area contributed by atoms with E-state index < -0.39 is 22.0 Å². The van der Waals surface area contributed by atoms with Gasteiger partial charge in [-0.25, -0.2) is 0 Å². The third-order valence-electron chi connectivity index (χ3n) is 1.02. The van der Waals surface area contributed by atoms with Crippen LogP contribution in [-0.2, 0) is 10.1 Å². The third kappa shape index (κ3) is 10.9. The molecule has 0 aromatic carbocycles. The van der Waals surface area contributed by atoms with Crippen LogP contribution in [0.1, 0.15) is 19.8 Å². The van der Waals surface area contributed by atoms with E-state index in [0.717, 1.165) is 0 Å². The van der Waals surface area contributed by atoms with E-state index in [-0.39, 0.29) is 29.6 Å². The van der Waals surface area contributed by atoms with Gasteiger partial charge in [0.15, 0.2) is 0 Å². The van der Waals surface area contributed by atoms with E-state index in [9.17, 15) is 8.42 Å². The van der Waals surface area contributed by atoms with Crippen LogP contribution in [0.25, 0.3) is 0 Å². The Morgan fingerprint density at radius 2 is 1.91 bits per heavy atom. The molecule has 0 bridgehead atoms. The van der Waals surface area contributed by atoms with Crippen molar-refractivity contribution in [2.45, 2.75) is 25.9 Å². The molecule has 11 heavy (non-hydrogen) atoms. The number of rotatable bonds is 4. The fourth-order valence-corrected chi connectivity index (χ4v) is 1.31. The molecule has 0 saturated heterocycles. The van der Waals surface area contributed by atoms with Crippen LogP contribution < -0.4 is 0 Å². The van der Waals surface area contributed by atoms with Crippen molar-refractivity contribution in [1.82, 2.24) is 0 Å². The van der Waals surface area contributed by atoms with Crippen molar-refractivity contribution in [1.29, 1.82) is 0 Å². The van der Waals surface area contributed by atoms with Crippen LogP contribution in [0.15, 0.2) is 0 Å². The van der Waals surface area contributed by atoms with Gasteiger partial charge in [-0.1, -0.05) is 13.3 Å². The molecular formula is C5H13NaO4S. The molecule has 0 fully saturated rings. The molecule has 0 radical (unpaired) electrons. The van der Waals surface area contributed by atoms with Gasteiger partial charge in [-0.15, -0.1) is 0 Å². The van der Waals surface area contributed by atoms with Gasteiger partial charge < -0.3 is 5.11 Å². The van der Waals surface area contributed by atoms with Gasteiger partial charge in [-0.3, -0.25) is 4.55 Å². The first-order valence-corrected chi connectivity index (χ1v) is 4.70. The summed E-state index contributed by atoms with van der Waals surface area (Å²) in [5, 5.41) is 8.85. The maximum absolute atomic E-state index is 10.1. The van der Waals surface area contributed by atoms with Crippen LogP contribution >= 0.6 is 0 Å². The molecule has 0 aliphatic heterocycles. The molecule has 1 atom stereocenters. The van der Waals surface area contributed by atoms with Crippen LogP contribution in [0.2, 0.25) is 0 Å². The van der Waals surface area contributed by atoms with Crippen molar-refractivity contribution in [2.75, 3.05) is 5.75 Å². The fourth-order valence-electron chi connectivity index (χ4n) is 0.660. The average molecular weight is 192 g/mol. The van der Waals surface area contributed by atoms with E-state index in [1.165, 1.54) is 0 Å². The minimum absolute atomic E-state index is 0. The molecule has 0 amide bonds. The summed E-state index contributed by atoms with van der Waals surface area (Å²) in [6.45, 7) is 1.83. The number of aliphatic hydroxyl groups excluding tert-OH is 1. The van der Waals surface area contributed by atoms with E-state index in [1.54, 1.807) is 0 Å². The zero-order valence-corrected chi connectivity index (χ0v) is 6.63. The van der Waals surface area contributed by atoms with Crippen molar-refractivity contribution in [2.24, 2.45) is 0 Å². The Morgan fingerprint density at radius 3 is 2.18 bits per heavy atom. The molecule has 0 heterocycles. The summed E-state index contributed by atoms with van der Waals surface area (Å²) in [6, 6.07) is 0. The summed E-state index contributed by atoms with van der Waals surface area (Å²) in [6.07, 6.45) is 0.177. The Morgan fingerprint density at radius 1 is 1.45 bits per heavy atom. The Bertz CT molecular complexity index is 177. The first-order valence-electron chi connectivity index (χ1n) is 3.09. The van der Waals surface area contributed by atoms with E-state index in [4.69, 9.17) is 9.66 Å². The summed E-state index contributed by atoms with van der Waals surface area (Å²) < 4.78 is 28.5. The Balaban J connectivity index is 0. The van der Waals surface area contributed by atoms with Gasteiger partial charge in [-0.05, 0) is 6.42 Å². The number of aliphatic hydroxyl groups is 1. The van der Waals surface area contributed by atoms with Crippen molar-refractivity contribution in [3.05, 3.63) is 0 Å². The molecular weight excluding hydrogens is 179 g/mol. The molecule has 2 N–H and O–H groups in total. The third-order valence-corrected chi connectivity index (χ3v) is 1.83. The summed E-state index contributed by atoms with van der Waals surface area (Å²) >= 11 is 0. The normalized spacial score (nSPS) is 13.7. The van der Waals surface area contributed by atoms with Gasteiger partial charge in [-0.2, -0.15) is 8.42 Å². The average Bonchev–Trinajstić information content (AvgIpc) is 1.59. The van der Waals surface area contributed by atoms with Gasteiger partial charge in [0, 0.05) is 0 Å². The van der Waals surface area contributed by atoms with E-state index >= 15 is 0 Å². The minimum atomic E-state index is -4.00. The van der Waals surface area contributed by atoms with Gasteiger partial charge in [0.1, 0.15) is 5.75 Å². The first kappa shape index (κ1) is 14.4. The standard InChI is InChI=1S/C5H12O4S.Na.H/c1-2-3-5(6)4-10(7,8)9;;/h5-6H,2-4H2,1H3,(H,7,8,9);;. The van der Waals surface area contributed by atoms with Crippen LogP contribution in [0.3, 0.4) is 0 Å². The first-order chi connectivity index (χ1) is 4.45. The Hall–Kier alpha value is 0.870. The Labute approximate surface area is 89.0 Å². The summed E-state index contributed by atoms with van der Waals surface area (Å²) in [7, 11) is -4.00. The van der Waals surface area contributed by atoms with Crippen molar-refractivity contribution >= 4 is 39.7 Å². The predicted molar refractivity (Wildman–Crippen MR) is 44.5 cm³/mol. The van der Waals surface area contributed by atoms with E-state index in [1.807, 2.05) is 6.92 Å². The SMILES string of the molecule is CCCC(O)CS(=O)(=O)O.[NaH]. The second-order valence-electron chi connectivity index (χ2n) is 2.19. The molecule has 6 heteroatoms. The van der Waals surface area contributed by atoms with Crippen molar-refractivity contribution in [3.8, 4) is 0 Å². The zero-order valence-electron chi connectivity index (χ0n) is 5.82. The molecule has 0 aliphatic rings. The van der Waals surface area contributed by atoms with Gasteiger partial charge in [0.05, 0.1) is 6.10 Å². The molecule has 0 rings (SSSR count). The summed E-state index contributed by atoms with van der Waals surface area (Å²) in [5.74, 6) is -0.555. The molecule has 0 aromatic heterocycles. The number of hydrogen-bond acceptors (Lipinski definition) is 3.